The number of nitrogens with zero attached hydrogens (tertiary/aromatic N) is 2. The molecule has 3 aliphatic rings. The molecular formula is C21H24N2O3-2. The summed E-state index contributed by atoms with van der Waals surface area (Å²) in [5.74, 6) is -2.22. The van der Waals surface area contributed by atoms with Crippen LogP contribution in [0.15, 0.2) is 71.4 Å². The molecule has 0 aromatic carbocycles. The minimum Gasteiger partial charge on any atom is -0.851 e. The average molecular weight is 352 g/mol. The van der Waals surface area contributed by atoms with Crippen molar-refractivity contribution in [2.75, 3.05) is 14.1 Å². The Labute approximate surface area is 154 Å². The van der Waals surface area contributed by atoms with E-state index in [-0.39, 0.29) is 0 Å². The largest absolute Gasteiger partial charge is 0.851 e. The summed E-state index contributed by atoms with van der Waals surface area (Å²) >= 11 is 0. The Morgan fingerprint density at radius 1 is 0.962 bits per heavy atom. The van der Waals surface area contributed by atoms with Gasteiger partial charge in [-0.3, -0.25) is 0 Å². The van der Waals surface area contributed by atoms with E-state index >= 15 is 0 Å². The minimum absolute atomic E-state index is 0.503. The molecule has 0 saturated heterocycles. The third-order valence-electron chi connectivity index (χ3n) is 5.26. The number of ketones is 1. The zero-order valence-corrected chi connectivity index (χ0v) is 15.5. The van der Waals surface area contributed by atoms with E-state index in [9.17, 15) is 15.0 Å². The monoisotopic (exact) mass is 352 g/mol. The summed E-state index contributed by atoms with van der Waals surface area (Å²) in [7, 11) is 3.86. The summed E-state index contributed by atoms with van der Waals surface area (Å²) in [5.41, 5.74) is 3.67. The van der Waals surface area contributed by atoms with Crippen LogP contribution < -0.4 is 10.2 Å². The van der Waals surface area contributed by atoms with Crippen LogP contribution in [-0.4, -0.2) is 41.9 Å². The van der Waals surface area contributed by atoms with Crippen LogP contribution in [0.5, 0.6) is 0 Å². The van der Waals surface area contributed by atoms with Crippen molar-refractivity contribution in [3.8, 4) is 0 Å². The van der Waals surface area contributed by atoms with Crippen molar-refractivity contribution in [2.24, 2.45) is 11.8 Å². The van der Waals surface area contributed by atoms with E-state index in [0.717, 1.165) is 22.5 Å². The molecule has 2 aliphatic heterocycles. The average Bonchev–Trinajstić information content (AvgIpc) is 2.79. The molecule has 3 rings (SSSR count). The summed E-state index contributed by atoms with van der Waals surface area (Å²) in [4.78, 5) is 16.3. The quantitative estimate of drug-likeness (QED) is 0.737. The number of hydrogen-bond acceptors (Lipinski definition) is 5. The lowest BCUT2D eigenvalue weighted by Gasteiger charge is -2.31. The van der Waals surface area contributed by atoms with Gasteiger partial charge in [0.2, 0.25) is 0 Å². The van der Waals surface area contributed by atoms with Crippen LogP contribution >= 0.6 is 0 Å². The van der Waals surface area contributed by atoms with E-state index < -0.39 is 29.8 Å². The van der Waals surface area contributed by atoms with Gasteiger partial charge in [-0.1, -0.05) is 18.3 Å². The Hall–Kier alpha value is -2.37. The second kappa shape index (κ2) is 7.09. The Bertz CT molecular complexity index is 747. The summed E-state index contributed by atoms with van der Waals surface area (Å²) < 4.78 is 0. The normalized spacial score (nSPS) is 31.4. The fourth-order valence-corrected chi connectivity index (χ4v) is 3.46. The number of hydrogen-bond donors (Lipinski definition) is 0. The van der Waals surface area contributed by atoms with Crippen molar-refractivity contribution in [1.29, 1.82) is 0 Å². The third kappa shape index (κ3) is 3.45. The molecule has 4 atom stereocenters. The fraction of sp³-hybridized carbons (Fsp3) is 0.381. The lowest BCUT2D eigenvalue weighted by Crippen LogP contribution is -2.40. The van der Waals surface area contributed by atoms with Gasteiger partial charge >= 0.3 is 0 Å². The Kier molecular flexibility index (Phi) is 5.03. The number of allylic oxidation sites excluding steroid dienone is 8. The van der Waals surface area contributed by atoms with Gasteiger partial charge in [0.1, 0.15) is 5.78 Å². The van der Waals surface area contributed by atoms with Crippen LogP contribution in [0.1, 0.15) is 13.8 Å². The highest BCUT2D eigenvalue weighted by atomic mass is 16.3. The molecule has 1 fully saturated rings. The van der Waals surface area contributed by atoms with Crippen molar-refractivity contribution in [3.05, 3.63) is 71.4 Å². The minimum atomic E-state index is -1.50. The molecule has 0 amide bonds. The zero-order chi connectivity index (χ0) is 19.0. The predicted octanol–water partition coefficient (Wildman–Crippen LogP) is 0.838. The van der Waals surface area contributed by atoms with Crippen LogP contribution in [0.2, 0.25) is 0 Å². The highest BCUT2D eigenvalue weighted by Gasteiger charge is 2.36. The van der Waals surface area contributed by atoms with E-state index in [4.69, 9.17) is 0 Å². The summed E-state index contributed by atoms with van der Waals surface area (Å²) in [6.45, 7) is 3.94. The molecule has 0 radical (unpaired) electrons. The van der Waals surface area contributed by atoms with Crippen molar-refractivity contribution in [1.82, 2.24) is 9.80 Å². The van der Waals surface area contributed by atoms with Crippen LogP contribution in [-0.2, 0) is 4.79 Å². The van der Waals surface area contributed by atoms with Gasteiger partial charge in [0.05, 0.1) is 0 Å². The number of carbonyl (C=O) groups excluding carboxylic acids is 1. The number of Topliss-reactive ketones (excluding diaryl/α,β-unsaturated/α-hetero) is 1. The molecule has 5 heteroatoms. The second-order valence-electron chi connectivity index (χ2n) is 7.15. The summed E-state index contributed by atoms with van der Waals surface area (Å²) in [6, 6.07) is 0. The van der Waals surface area contributed by atoms with Crippen LogP contribution in [0.25, 0.3) is 0 Å². The lowest BCUT2D eigenvalue weighted by atomic mass is 9.95. The standard InChI is InChI=1S/C21H24N2O3/c1-13-9-16(10-14(2)23(13)4)12-18-19(24)17(20(25)21(18)26)11-15-5-7-22(3)8-6-15/h5-12,17-20H,1-4H3/q-2. The van der Waals surface area contributed by atoms with Crippen LogP contribution in [0.3, 0.4) is 0 Å². The molecule has 4 unspecified atom stereocenters. The Morgan fingerprint density at radius 2 is 1.54 bits per heavy atom. The second-order valence-corrected chi connectivity index (χ2v) is 7.15. The topological polar surface area (TPSA) is 69.7 Å². The van der Waals surface area contributed by atoms with Crippen molar-refractivity contribution in [2.45, 2.75) is 26.1 Å². The van der Waals surface area contributed by atoms with Crippen LogP contribution in [0.4, 0.5) is 0 Å². The Morgan fingerprint density at radius 3 is 2.12 bits per heavy atom. The molecule has 0 spiro atoms. The molecule has 0 aromatic heterocycles. The first-order chi connectivity index (χ1) is 12.3. The number of rotatable bonds is 2. The van der Waals surface area contributed by atoms with E-state index in [2.05, 4.69) is 0 Å². The van der Waals surface area contributed by atoms with Crippen molar-refractivity contribution >= 4 is 5.78 Å². The fourth-order valence-electron chi connectivity index (χ4n) is 3.46. The van der Waals surface area contributed by atoms with E-state index in [0.29, 0.717) is 0 Å². The Balaban J connectivity index is 1.86. The molecule has 2 heterocycles. The van der Waals surface area contributed by atoms with Gasteiger partial charge in [0.25, 0.3) is 0 Å². The van der Waals surface area contributed by atoms with Crippen molar-refractivity contribution < 1.29 is 15.0 Å². The molecule has 0 bridgehead atoms. The van der Waals surface area contributed by atoms with Gasteiger partial charge in [-0.25, -0.2) is 0 Å². The number of carbonyl (C=O) groups is 1. The van der Waals surface area contributed by atoms with E-state index in [1.807, 2.05) is 74.4 Å². The third-order valence-corrected chi connectivity index (χ3v) is 5.26. The van der Waals surface area contributed by atoms with Gasteiger partial charge in [0.15, 0.2) is 0 Å². The van der Waals surface area contributed by atoms with E-state index in [1.54, 1.807) is 12.2 Å². The maximum absolute atomic E-state index is 12.8. The molecular weight excluding hydrogens is 328 g/mol. The van der Waals surface area contributed by atoms with Gasteiger partial charge in [-0.15, -0.1) is 6.10 Å². The first kappa shape index (κ1) is 18.4. The molecule has 138 valence electrons. The molecule has 5 nitrogen and oxygen atoms in total. The van der Waals surface area contributed by atoms with Gasteiger partial charge in [-0.05, 0) is 55.2 Å². The lowest BCUT2D eigenvalue weighted by molar-refractivity contribution is -0.458. The maximum atomic E-state index is 12.8. The molecule has 0 N–H and O–H groups in total. The smallest absolute Gasteiger partial charge is 0.125 e. The van der Waals surface area contributed by atoms with Gasteiger partial charge in [-0.2, -0.15) is 0 Å². The first-order valence-corrected chi connectivity index (χ1v) is 8.75. The van der Waals surface area contributed by atoms with E-state index in [1.165, 1.54) is 0 Å². The highest BCUT2D eigenvalue weighted by Crippen LogP contribution is 2.32. The molecule has 1 aliphatic carbocycles. The highest BCUT2D eigenvalue weighted by molar-refractivity contribution is 5.90. The van der Waals surface area contributed by atoms with Gasteiger partial charge in [0, 0.05) is 43.8 Å². The SMILES string of the molecule is CC1=CC(=CC2C(=O)C([O-])C(C=C3C=CN(C)C=C3)C2[O-])C=C(C)N1C. The molecule has 0 aromatic rings. The summed E-state index contributed by atoms with van der Waals surface area (Å²) in [5, 5.41) is 25.3. The predicted molar refractivity (Wildman–Crippen MR) is 97.0 cm³/mol. The zero-order valence-electron chi connectivity index (χ0n) is 15.5. The van der Waals surface area contributed by atoms with Gasteiger partial charge < -0.3 is 24.8 Å². The molecule has 26 heavy (non-hydrogen) atoms. The summed E-state index contributed by atoms with van der Waals surface area (Å²) in [6.07, 6.45) is 11.8. The maximum Gasteiger partial charge on any atom is 0.125 e. The van der Waals surface area contributed by atoms with Crippen molar-refractivity contribution in [3.63, 3.8) is 0 Å². The molecule has 1 saturated carbocycles. The first-order valence-electron chi connectivity index (χ1n) is 8.75. The van der Waals surface area contributed by atoms with Crippen LogP contribution in [0, 0.1) is 11.8 Å².